The average molecular weight is 244 g/mol. The lowest BCUT2D eigenvalue weighted by Crippen LogP contribution is -2.44. The molecule has 4 nitrogen and oxygen atoms in total. The lowest BCUT2D eigenvalue weighted by Gasteiger charge is -2.38. The molecule has 100 valence electrons. The Bertz CT molecular complexity index is 226. The molecule has 1 N–H and O–H groups in total. The molecule has 0 aromatic rings. The van der Waals surface area contributed by atoms with Gasteiger partial charge in [-0.05, 0) is 26.7 Å². The van der Waals surface area contributed by atoms with Crippen LogP contribution in [0.25, 0.3) is 0 Å². The first-order valence-electron chi connectivity index (χ1n) is 6.76. The van der Waals surface area contributed by atoms with Crippen LogP contribution in [0, 0.1) is 0 Å². The fourth-order valence-electron chi connectivity index (χ4n) is 3.03. The summed E-state index contributed by atoms with van der Waals surface area (Å²) in [5, 5.41) is 10.6. The molecule has 0 radical (unpaired) electrons. The Balaban J connectivity index is 1.91. The Morgan fingerprint density at radius 1 is 1.18 bits per heavy atom. The number of hydrogen-bond acceptors (Lipinski definition) is 4. The Hall–Kier alpha value is -0.160. The Morgan fingerprint density at radius 3 is 2.18 bits per heavy atom. The molecule has 2 unspecified atom stereocenters. The smallest absolute Gasteiger partial charge is 0.160 e. The van der Waals surface area contributed by atoms with E-state index in [1.165, 1.54) is 0 Å². The first-order chi connectivity index (χ1) is 8.15. The standard InChI is InChI=1S/C13H24O4/c1-3-15-12(16-4-2)9-13(14)7-10-5-6-11(8-13)17-10/h10-12,14H,3-9H2,1-2H3. The van der Waals surface area contributed by atoms with Gasteiger partial charge in [-0.3, -0.25) is 0 Å². The largest absolute Gasteiger partial charge is 0.389 e. The van der Waals surface area contributed by atoms with Gasteiger partial charge in [0, 0.05) is 32.5 Å². The molecule has 0 aromatic carbocycles. The van der Waals surface area contributed by atoms with Crippen molar-refractivity contribution in [1.82, 2.24) is 0 Å². The molecule has 0 aromatic heterocycles. The molecule has 2 bridgehead atoms. The third-order valence-electron chi connectivity index (χ3n) is 3.66. The topological polar surface area (TPSA) is 47.9 Å². The highest BCUT2D eigenvalue weighted by molar-refractivity contribution is 4.94. The van der Waals surface area contributed by atoms with Crippen molar-refractivity contribution in [2.45, 2.75) is 70.1 Å². The van der Waals surface area contributed by atoms with Crippen LogP contribution in [-0.2, 0) is 14.2 Å². The van der Waals surface area contributed by atoms with Gasteiger partial charge in [0.1, 0.15) is 0 Å². The summed E-state index contributed by atoms with van der Waals surface area (Å²) in [6.45, 7) is 5.13. The van der Waals surface area contributed by atoms with Crippen LogP contribution in [0.15, 0.2) is 0 Å². The lowest BCUT2D eigenvalue weighted by molar-refractivity contribution is -0.192. The second kappa shape index (κ2) is 5.65. The summed E-state index contributed by atoms with van der Waals surface area (Å²) >= 11 is 0. The average Bonchev–Trinajstić information content (AvgIpc) is 2.59. The molecular formula is C13H24O4. The van der Waals surface area contributed by atoms with Crippen molar-refractivity contribution in [2.24, 2.45) is 0 Å². The van der Waals surface area contributed by atoms with Crippen molar-refractivity contribution in [3.05, 3.63) is 0 Å². The van der Waals surface area contributed by atoms with Gasteiger partial charge in [0.25, 0.3) is 0 Å². The van der Waals surface area contributed by atoms with Gasteiger partial charge in [0.05, 0.1) is 17.8 Å². The number of ether oxygens (including phenoxy) is 3. The molecule has 2 atom stereocenters. The maximum atomic E-state index is 10.6. The first-order valence-corrected chi connectivity index (χ1v) is 6.76. The molecule has 4 heteroatoms. The molecular weight excluding hydrogens is 220 g/mol. The second-order valence-corrected chi connectivity index (χ2v) is 5.13. The van der Waals surface area contributed by atoms with Crippen LogP contribution in [-0.4, -0.2) is 42.4 Å². The van der Waals surface area contributed by atoms with Crippen LogP contribution in [0.3, 0.4) is 0 Å². The van der Waals surface area contributed by atoms with Crippen molar-refractivity contribution in [3.63, 3.8) is 0 Å². The van der Waals surface area contributed by atoms with Crippen LogP contribution in [0.1, 0.15) is 46.0 Å². The molecule has 0 saturated carbocycles. The van der Waals surface area contributed by atoms with Crippen LogP contribution >= 0.6 is 0 Å². The second-order valence-electron chi connectivity index (χ2n) is 5.13. The van der Waals surface area contributed by atoms with Crippen LogP contribution in [0.4, 0.5) is 0 Å². The molecule has 2 aliphatic heterocycles. The summed E-state index contributed by atoms with van der Waals surface area (Å²) in [5.74, 6) is 0. The van der Waals surface area contributed by atoms with E-state index in [1.54, 1.807) is 0 Å². The maximum Gasteiger partial charge on any atom is 0.160 e. The van der Waals surface area contributed by atoms with Crippen LogP contribution in [0.5, 0.6) is 0 Å². The SMILES string of the molecule is CCOC(CC1(O)CC2CCC(C1)O2)OCC. The molecule has 2 aliphatic rings. The molecule has 2 fully saturated rings. The monoisotopic (exact) mass is 244 g/mol. The highest BCUT2D eigenvalue weighted by atomic mass is 16.7. The Labute approximate surface area is 103 Å². The van der Waals surface area contributed by atoms with Gasteiger partial charge in [0.15, 0.2) is 6.29 Å². The minimum Gasteiger partial charge on any atom is -0.389 e. The number of hydrogen-bond donors (Lipinski definition) is 1. The maximum absolute atomic E-state index is 10.6. The summed E-state index contributed by atoms with van der Waals surface area (Å²) in [6, 6.07) is 0. The third kappa shape index (κ3) is 3.41. The van der Waals surface area contributed by atoms with Crippen molar-refractivity contribution in [3.8, 4) is 0 Å². The molecule has 2 saturated heterocycles. The zero-order valence-corrected chi connectivity index (χ0v) is 10.9. The van der Waals surface area contributed by atoms with Crippen LogP contribution < -0.4 is 0 Å². The third-order valence-corrected chi connectivity index (χ3v) is 3.66. The Kier molecular flexibility index (Phi) is 4.42. The minimum absolute atomic E-state index is 0.239. The predicted octanol–water partition coefficient (Wildman–Crippen LogP) is 1.85. The van der Waals surface area contributed by atoms with Crippen molar-refractivity contribution in [1.29, 1.82) is 0 Å². The van der Waals surface area contributed by atoms with Crippen molar-refractivity contribution < 1.29 is 19.3 Å². The van der Waals surface area contributed by atoms with E-state index in [9.17, 15) is 5.11 Å². The van der Waals surface area contributed by atoms with Crippen molar-refractivity contribution >= 4 is 0 Å². The summed E-state index contributed by atoms with van der Waals surface area (Å²) in [5.41, 5.74) is -0.668. The molecule has 2 rings (SSSR count). The van der Waals surface area contributed by atoms with Gasteiger partial charge in [-0.15, -0.1) is 0 Å². The van der Waals surface area contributed by atoms with Gasteiger partial charge in [-0.1, -0.05) is 0 Å². The number of fused-ring (bicyclic) bond motifs is 2. The molecule has 17 heavy (non-hydrogen) atoms. The van der Waals surface area contributed by atoms with E-state index in [4.69, 9.17) is 14.2 Å². The van der Waals surface area contributed by atoms with E-state index in [-0.39, 0.29) is 18.5 Å². The lowest BCUT2D eigenvalue weighted by atomic mass is 9.87. The summed E-state index contributed by atoms with van der Waals surface area (Å²) < 4.78 is 16.8. The molecule has 2 heterocycles. The molecule has 0 aliphatic carbocycles. The van der Waals surface area contributed by atoms with Crippen LogP contribution in [0.2, 0.25) is 0 Å². The van der Waals surface area contributed by atoms with E-state index in [2.05, 4.69) is 0 Å². The van der Waals surface area contributed by atoms with E-state index >= 15 is 0 Å². The zero-order chi connectivity index (χ0) is 12.3. The predicted molar refractivity (Wildman–Crippen MR) is 63.7 cm³/mol. The van der Waals surface area contributed by atoms with Gasteiger partial charge in [0.2, 0.25) is 0 Å². The summed E-state index contributed by atoms with van der Waals surface area (Å²) in [6.07, 6.45) is 4.37. The summed E-state index contributed by atoms with van der Waals surface area (Å²) in [4.78, 5) is 0. The van der Waals surface area contributed by atoms with Gasteiger partial charge >= 0.3 is 0 Å². The van der Waals surface area contributed by atoms with Gasteiger partial charge < -0.3 is 19.3 Å². The molecule has 0 spiro atoms. The fourth-order valence-corrected chi connectivity index (χ4v) is 3.03. The van der Waals surface area contributed by atoms with Gasteiger partial charge in [-0.2, -0.15) is 0 Å². The zero-order valence-electron chi connectivity index (χ0n) is 10.9. The van der Waals surface area contributed by atoms with Gasteiger partial charge in [-0.25, -0.2) is 0 Å². The Morgan fingerprint density at radius 2 is 1.71 bits per heavy atom. The highest BCUT2D eigenvalue weighted by Gasteiger charge is 2.44. The van der Waals surface area contributed by atoms with E-state index < -0.39 is 5.60 Å². The molecule has 0 amide bonds. The van der Waals surface area contributed by atoms with E-state index in [0.29, 0.717) is 19.6 Å². The van der Waals surface area contributed by atoms with E-state index in [0.717, 1.165) is 25.7 Å². The highest BCUT2D eigenvalue weighted by Crippen LogP contribution is 2.40. The normalized spacial score (nSPS) is 36.7. The summed E-state index contributed by atoms with van der Waals surface area (Å²) in [7, 11) is 0. The number of rotatable bonds is 6. The van der Waals surface area contributed by atoms with E-state index in [1.807, 2.05) is 13.8 Å². The first kappa shape index (κ1) is 13.3. The minimum atomic E-state index is -0.668. The fraction of sp³-hybridized carbons (Fsp3) is 1.00. The van der Waals surface area contributed by atoms with Crippen molar-refractivity contribution in [2.75, 3.05) is 13.2 Å². The number of aliphatic hydroxyl groups is 1. The quantitative estimate of drug-likeness (QED) is 0.724.